The van der Waals surface area contributed by atoms with Crippen LogP contribution in [0.3, 0.4) is 0 Å². The van der Waals surface area contributed by atoms with Crippen LogP contribution >= 0.6 is 0 Å². The van der Waals surface area contributed by atoms with Gasteiger partial charge in [-0.25, -0.2) is 0 Å². The zero-order chi connectivity index (χ0) is 8.97. The Balaban J connectivity index is 2.81. The summed E-state index contributed by atoms with van der Waals surface area (Å²) in [6, 6.07) is 6.50. The van der Waals surface area contributed by atoms with E-state index in [9.17, 15) is 0 Å². The van der Waals surface area contributed by atoms with Gasteiger partial charge in [-0.2, -0.15) is 0 Å². The summed E-state index contributed by atoms with van der Waals surface area (Å²) in [4.78, 5) is 0. The van der Waals surface area contributed by atoms with Crippen LogP contribution in [0.1, 0.15) is 29.5 Å². The molecule has 0 heteroatoms. The van der Waals surface area contributed by atoms with E-state index in [1.165, 1.54) is 29.5 Å². The smallest absolute Gasteiger partial charge is 0.0274 e. The van der Waals surface area contributed by atoms with Crippen molar-refractivity contribution in [2.45, 2.75) is 33.1 Å². The van der Waals surface area contributed by atoms with Gasteiger partial charge in [-0.1, -0.05) is 31.5 Å². The van der Waals surface area contributed by atoms with Crippen molar-refractivity contribution < 1.29 is 0 Å². The average Bonchev–Trinajstić information content (AvgIpc) is 2.04. The Hall–Kier alpha value is -0.780. The molecule has 0 heterocycles. The van der Waals surface area contributed by atoms with E-state index in [-0.39, 0.29) is 0 Å². The Morgan fingerprint density at radius 2 is 1.75 bits per heavy atom. The van der Waals surface area contributed by atoms with Crippen LogP contribution < -0.4 is 0 Å². The maximum atomic E-state index is 3.86. The summed E-state index contributed by atoms with van der Waals surface area (Å²) in [7, 11) is 0. The number of benzene rings is 1. The minimum atomic E-state index is 1.04. The summed E-state index contributed by atoms with van der Waals surface area (Å²) in [6.45, 7) is 8.23. The number of hydrogen-bond acceptors (Lipinski definition) is 0. The Morgan fingerprint density at radius 3 is 2.25 bits per heavy atom. The van der Waals surface area contributed by atoms with E-state index in [2.05, 4.69) is 39.0 Å². The molecule has 0 saturated carbocycles. The van der Waals surface area contributed by atoms with E-state index in [4.69, 9.17) is 0 Å². The monoisotopic (exact) mass is 161 g/mol. The summed E-state index contributed by atoms with van der Waals surface area (Å²) >= 11 is 0. The third-order valence-electron chi connectivity index (χ3n) is 2.32. The van der Waals surface area contributed by atoms with Crippen molar-refractivity contribution in [3.8, 4) is 0 Å². The lowest BCUT2D eigenvalue weighted by atomic mass is 9.98. The standard InChI is InChI=1S/C12H17/c1-4-5-9-12-10(2)7-6-8-11(12)3/h6-8H,1,4-5,9H2,2-3H3. The molecule has 0 aliphatic heterocycles. The van der Waals surface area contributed by atoms with Gasteiger partial charge in [0.15, 0.2) is 0 Å². The van der Waals surface area contributed by atoms with Crippen molar-refractivity contribution in [1.82, 2.24) is 0 Å². The third kappa shape index (κ3) is 2.10. The van der Waals surface area contributed by atoms with Crippen LogP contribution in [0, 0.1) is 20.8 Å². The van der Waals surface area contributed by atoms with E-state index in [1.807, 2.05) is 0 Å². The Labute approximate surface area is 75.6 Å². The SMILES string of the molecule is [CH2]CCCc1c(C)cccc1C. The quantitative estimate of drug-likeness (QED) is 0.637. The molecule has 0 bridgehead atoms. The first-order chi connectivity index (χ1) is 5.75. The molecule has 0 fully saturated rings. The highest BCUT2D eigenvalue weighted by Gasteiger charge is 1.99. The molecule has 1 aromatic carbocycles. The molecular weight excluding hydrogens is 144 g/mol. The second-order valence-electron chi connectivity index (χ2n) is 3.33. The van der Waals surface area contributed by atoms with Gasteiger partial charge in [0.2, 0.25) is 0 Å². The molecule has 0 aliphatic carbocycles. The lowest BCUT2D eigenvalue weighted by Crippen LogP contribution is -1.92. The summed E-state index contributed by atoms with van der Waals surface area (Å²) in [5, 5.41) is 0. The van der Waals surface area contributed by atoms with E-state index < -0.39 is 0 Å². The Morgan fingerprint density at radius 1 is 1.17 bits per heavy atom. The van der Waals surface area contributed by atoms with Gasteiger partial charge in [-0.05, 0) is 43.4 Å². The van der Waals surface area contributed by atoms with E-state index in [0.717, 1.165) is 6.42 Å². The summed E-state index contributed by atoms with van der Waals surface area (Å²) in [5.74, 6) is 0. The van der Waals surface area contributed by atoms with Gasteiger partial charge in [0.05, 0.1) is 0 Å². The predicted molar refractivity (Wildman–Crippen MR) is 54.2 cm³/mol. The molecule has 1 aromatic rings. The predicted octanol–water partition coefficient (Wildman–Crippen LogP) is 3.46. The first-order valence-corrected chi connectivity index (χ1v) is 4.60. The van der Waals surface area contributed by atoms with Crippen LogP contribution in [-0.2, 0) is 6.42 Å². The first kappa shape index (κ1) is 9.31. The molecule has 0 N–H and O–H groups in total. The molecule has 1 rings (SSSR count). The zero-order valence-electron chi connectivity index (χ0n) is 8.06. The van der Waals surface area contributed by atoms with Gasteiger partial charge in [-0.15, -0.1) is 0 Å². The van der Waals surface area contributed by atoms with Gasteiger partial charge in [-0.3, -0.25) is 0 Å². The van der Waals surface area contributed by atoms with Crippen LogP contribution in [0.4, 0.5) is 0 Å². The highest BCUT2D eigenvalue weighted by atomic mass is 14.0. The van der Waals surface area contributed by atoms with Crippen molar-refractivity contribution in [3.63, 3.8) is 0 Å². The number of aryl methyl sites for hydroxylation is 2. The molecule has 0 spiro atoms. The van der Waals surface area contributed by atoms with Crippen LogP contribution in [0.2, 0.25) is 0 Å². The molecule has 1 radical (unpaired) electrons. The lowest BCUT2D eigenvalue weighted by Gasteiger charge is -2.07. The van der Waals surface area contributed by atoms with Gasteiger partial charge >= 0.3 is 0 Å². The topological polar surface area (TPSA) is 0 Å². The van der Waals surface area contributed by atoms with Crippen LogP contribution in [-0.4, -0.2) is 0 Å². The van der Waals surface area contributed by atoms with Crippen LogP contribution in [0.15, 0.2) is 18.2 Å². The molecule has 0 unspecified atom stereocenters. The fourth-order valence-corrected chi connectivity index (χ4v) is 1.55. The second-order valence-corrected chi connectivity index (χ2v) is 3.33. The fourth-order valence-electron chi connectivity index (χ4n) is 1.55. The molecular formula is C12H17. The van der Waals surface area contributed by atoms with Crippen molar-refractivity contribution in [3.05, 3.63) is 41.8 Å². The molecule has 0 saturated heterocycles. The minimum absolute atomic E-state index is 1.04. The van der Waals surface area contributed by atoms with Gasteiger partial charge in [0.25, 0.3) is 0 Å². The zero-order valence-corrected chi connectivity index (χ0v) is 8.06. The molecule has 0 aliphatic rings. The number of unbranched alkanes of at least 4 members (excludes halogenated alkanes) is 1. The number of rotatable bonds is 3. The molecule has 0 atom stereocenters. The Kier molecular flexibility index (Phi) is 3.33. The summed E-state index contributed by atoms with van der Waals surface area (Å²) in [5.41, 5.74) is 4.35. The average molecular weight is 161 g/mol. The van der Waals surface area contributed by atoms with Crippen LogP contribution in [0.5, 0.6) is 0 Å². The van der Waals surface area contributed by atoms with Crippen molar-refractivity contribution in [1.29, 1.82) is 0 Å². The molecule has 12 heavy (non-hydrogen) atoms. The third-order valence-corrected chi connectivity index (χ3v) is 2.32. The maximum absolute atomic E-state index is 3.86. The van der Waals surface area contributed by atoms with E-state index in [1.54, 1.807) is 0 Å². The molecule has 0 aromatic heterocycles. The summed E-state index contributed by atoms with van der Waals surface area (Å²) < 4.78 is 0. The molecule has 0 amide bonds. The van der Waals surface area contributed by atoms with Crippen molar-refractivity contribution in [2.75, 3.05) is 0 Å². The maximum Gasteiger partial charge on any atom is -0.0274 e. The van der Waals surface area contributed by atoms with E-state index in [0.29, 0.717) is 0 Å². The normalized spacial score (nSPS) is 10.2. The lowest BCUT2D eigenvalue weighted by molar-refractivity contribution is 0.830. The van der Waals surface area contributed by atoms with E-state index >= 15 is 0 Å². The highest BCUT2D eigenvalue weighted by molar-refractivity contribution is 5.33. The first-order valence-electron chi connectivity index (χ1n) is 4.60. The Bertz CT molecular complexity index is 228. The molecule has 0 nitrogen and oxygen atoms in total. The minimum Gasteiger partial charge on any atom is -0.0617 e. The largest absolute Gasteiger partial charge is 0.0617 e. The highest BCUT2D eigenvalue weighted by Crippen LogP contribution is 2.15. The summed E-state index contributed by atoms with van der Waals surface area (Å²) in [6.07, 6.45) is 3.42. The fraction of sp³-hybridized carbons (Fsp3) is 0.417. The van der Waals surface area contributed by atoms with Gasteiger partial charge < -0.3 is 0 Å². The number of hydrogen-bond donors (Lipinski definition) is 0. The van der Waals surface area contributed by atoms with Crippen molar-refractivity contribution in [2.24, 2.45) is 0 Å². The van der Waals surface area contributed by atoms with Gasteiger partial charge in [0, 0.05) is 0 Å². The second kappa shape index (κ2) is 4.30. The van der Waals surface area contributed by atoms with Gasteiger partial charge in [0.1, 0.15) is 0 Å². The molecule has 65 valence electrons. The van der Waals surface area contributed by atoms with Crippen molar-refractivity contribution >= 4 is 0 Å². The van der Waals surface area contributed by atoms with Crippen LogP contribution in [0.25, 0.3) is 0 Å².